The van der Waals surface area contributed by atoms with Crippen LogP contribution in [0.3, 0.4) is 0 Å². The SMILES string of the molecule is C[C@H]1[C@@H](O)N(c2cc(C(F)(F)F)ccn2)C(=O)N1C.C[C@H]1[C@H](O)N(c2cc(C(F)(F)F)ccn2)C(=O)N1C. The number of halogens is 6. The van der Waals surface area contributed by atoms with E-state index >= 15 is 0 Å². The molecule has 0 bridgehead atoms. The first-order valence-electron chi connectivity index (χ1n) is 11.0. The van der Waals surface area contributed by atoms with Gasteiger partial charge in [-0.25, -0.2) is 29.4 Å². The third kappa shape index (κ3) is 5.45. The number of anilines is 2. The number of alkyl halides is 6. The molecule has 38 heavy (non-hydrogen) atoms. The Morgan fingerprint density at radius 3 is 1.26 bits per heavy atom. The Morgan fingerprint density at radius 2 is 1.03 bits per heavy atom. The Kier molecular flexibility index (Phi) is 7.79. The maximum Gasteiger partial charge on any atom is 0.416 e. The largest absolute Gasteiger partial charge is 0.416 e. The van der Waals surface area contributed by atoms with Crippen molar-refractivity contribution in [2.24, 2.45) is 0 Å². The zero-order valence-corrected chi connectivity index (χ0v) is 20.4. The van der Waals surface area contributed by atoms with Crippen molar-refractivity contribution in [3.05, 3.63) is 47.8 Å². The van der Waals surface area contributed by atoms with Crippen LogP contribution in [0.2, 0.25) is 0 Å². The smallest absolute Gasteiger partial charge is 0.371 e. The van der Waals surface area contributed by atoms with Crippen molar-refractivity contribution in [1.29, 1.82) is 0 Å². The van der Waals surface area contributed by atoms with Crippen LogP contribution in [0.25, 0.3) is 0 Å². The van der Waals surface area contributed by atoms with Crippen molar-refractivity contribution in [1.82, 2.24) is 19.8 Å². The fourth-order valence-corrected chi connectivity index (χ4v) is 3.67. The van der Waals surface area contributed by atoms with E-state index in [1.165, 1.54) is 23.9 Å². The Morgan fingerprint density at radius 1 is 0.711 bits per heavy atom. The molecule has 0 saturated carbocycles. The summed E-state index contributed by atoms with van der Waals surface area (Å²) < 4.78 is 75.6. The van der Waals surface area contributed by atoms with Crippen LogP contribution in [0.1, 0.15) is 25.0 Å². The first-order valence-corrected chi connectivity index (χ1v) is 11.0. The molecule has 208 valence electrons. The van der Waals surface area contributed by atoms with Gasteiger partial charge < -0.3 is 20.0 Å². The Balaban J connectivity index is 0.000000211. The summed E-state index contributed by atoms with van der Waals surface area (Å²) in [6, 6.07) is 0.874. The molecule has 2 N–H and O–H groups in total. The summed E-state index contributed by atoms with van der Waals surface area (Å²) in [6.07, 6.45) is -9.59. The average Bonchev–Trinajstić information content (AvgIpc) is 3.16. The van der Waals surface area contributed by atoms with Crippen molar-refractivity contribution < 1.29 is 46.1 Å². The number of aliphatic hydroxyl groups is 2. The predicted octanol–water partition coefficient (Wildman–Crippen LogP) is 3.36. The van der Waals surface area contributed by atoms with Crippen LogP contribution in [0.5, 0.6) is 0 Å². The summed E-state index contributed by atoms with van der Waals surface area (Å²) in [7, 11) is 2.92. The molecule has 2 aliphatic rings. The van der Waals surface area contributed by atoms with E-state index in [4.69, 9.17) is 0 Å². The molecule has 0 spiro atoms. The third-order valence-electron chi connectivity index (χ3n) is 6.27. The van der Waals surface area contributed by atoms with Gasteiger partial charge in [-0.05, 0) is 38.1 Å². The number of urea groups is 2. The van der Waals surface area contributed by atoms with E-state index in [9.17, 15) is 46.1 Å². The van der Waals surface area contributed by atoms with Crippen LogP contribution in [-0.4, -0.2) is 80.7 Å². The van der Waals surface area contributed by atoms with Crippen molar-refractivity contribution in [2.45, 2.75) is 50.7 Å². The normalized spacial score (nSPS) is 24.2. The highest BCUT2D eigenvalue weighted by Gasteiger charge is 2.44. The van der Waals surface area contributed by atoms with E-state index < -0.39 is 60.1 Å². The molecule has 0 unspecified atom stereocenters. The lowest BCUT2D eigenvalue weighted by Crippen LogP contribution is -2.36. The van der Waals surface area contributed by atoms with E-state index in [0.717, 1.165) is 46.5 Å². The first-order chi connectivity index (χ1) is 17.5. The maximum absolute atomic E-state index is 12.6. The lowest BCUT2D eigenvalue weighted by Gasteiger charge is -2.19. The first kappa shape index (κ1) is 28.9. The fraction of sp³-hybridized carbons (Fsp3) is 0.455. The molecule has 10 nitrogen and oxygen atoms in total. The van der Waals surface area contributed by atoms with Crippen molar-refractivity contribution in [2.75, 3.05) is 23.9 Å². The second-order valence-electron chi connectivity index (χ2n) is 8.64. The van der Waals surface area contributed by atoms with Gasteiger partial charge in [0.2, 0.25) is 0 Å². The molecule has 16 heteroatoms. The zero-order valence-electron chi connectivity index (χ0n) is 20.4. The van der Waals surface area contributed by atoms with Crippen LogP contribution in [-0.2, 0) is 12.4 Å². The van der Waals surface area contributed by atoms with Gasteiger partial charge in [0.1, 0.15) is 11.6 Å². The Bertz CT molecular complexity index is 1100. The molecular weight excluding hydrogens is 526 g/mol. The quantitative estimate of drug-likeness (QED) is 0.555. The molecule has 4 heterocycles. The van der Waals surface area contributed by atoms with Crippen molar-refractivity contribution in [3.63, 3.8) is 0 Å². The van der Waals surface area contributed by atoms with Crippen LogP contribution in [0, 0.1) is 0 Å². The summed E-state index contributed by atoms with van der Waals surface area (Å²) in [5.74, 6) is -0.438. The second kappa shape index (κ2) is 10.2. The number of carbonyl (C=O) groups is 2. The Hall–Kier alpha value is -3.66. The van der Waals surface area contributed by atoms with Gasteiger partial charge >= 0.3 is 24.4 Å². The lowest BCUT2D eigenvalue weighted by atomic mass is 10.2. The highest BCUT2D eigenvalue weighted by molar-refractivity contribution is 5.94. The number of aromatic nitrogens is 2. The molecule has 0 aromatic carbocycles. The number of carbonyl (C=O) groups excluding carboxylic acids is 2. The highest BCUT2D eigenvalue weighted by Crippen LogP contribution is 2.34. The van der Waals surface area contributed by atoms with Gasteiger partial charge in [-0.1, -0.05) is 0 Å². The molecular formula is C22H24F6N6O4. The van der Waals surface area contributed by atoms with Gasteiger partial charge in [-0.2, -0.15) is 26.3 Å². The van der Waals surface area contributed by atoms with Gasteiger partial charge in [-0.15, -0.1) is 0 Å². The maximum atomic E-state index is 12.6. The Labute approximate surface area is 212 Å². The lowest BCUT2D eigenvalue weighted by molar-refractivity contribution is -0.138. The van der Waals surface area contributed by atoms with E-state index in [0.29, 0.717) is 0 Å². The van der Waals surface area contributed by atoms with E-state index in [2.05, 4.69) is 9.97 Å². The summed E-state index contributed by atoms with van der Waals surface area (Å²) >= 11 is 0. The molecule has 4 rings (SSSR count). The number of hydrogen-bond acceptors (Lipinski definition) is 6. The van der Waals surface area contributed by atoms with Crippen LogP contribution < -0.4 is 9.80 Å². The molecule has 2 aliphatic heterocycles. The number of amides is 4. The zero-order chi connectivity index (χ0) is 28.7. The minimum Gasteiger partial charge on any atom is -0.371 e. The molecule has 0 aliphatic carbocycles. The topological polar surface area (TPSA) is 113 Å². The van der Waals surface area contributed by atoms with E-state index in [1.54, 1.807) is 13.8 Å². The fourth-order valence-electron chi connectivity index (χ4n) is 3.67. The van der Waals surface area contributed by atoms with Gasteiger partial charge in [0, 0.05) is 26.5 Å². The van der Waals surface area contributed by atoms with Gasteiger partial charge in [0.15, 0.2) is 12.5 Å². The van der Waals surface area contributed by atoms with Gasteiger partial charge in [-0.3, -0.25) is 0 Å². The number of aliphatic hydroxyl groups excluding tert-OH is 2. The molecule has 2 aromatic rings. The van der Waals surface area contributed by atoms with Crippen molar-refractivity contribution >= 4 is 23.7 Å². The number of nitrogens with zero attached hydrogens (tertiary/aromatic N) is 6. The standard InChI is InChI=1S/2C11H12F3N3O2/c2*1-6-9(18)17(10(19)16(6)2)8-5-7(3-4-15-8)11(12,13)14/h2*3-6,9,18H,1-2H3/t6-,9+;6-,9-/m00/s1. The number of rotatable bonds is 2. The predicted molar refractivity (Wildman–Crippen MR) is 121 cm³/mol. The molecule has 0 radical (unpaired) electrons. The summed E-state index contributed by atoms with van der Waals surface area (Å²) in [5, 5.41) is 19.8. The molecule has 4 atom stereocenters. The monoisotopic (exact) mass is 550 g/mol. The average molecular weight is 550 g/mol. The molecule has 4 amide bonds. The van der Waals surface area contributed by atoms with E-state index in [-0.39, 0.29) is 11.6 Å². The highest BCUT2D eigenvalue weighted by atomic mass is 19.4. The van der Waals surface area contributed by atoms with Crippen molar-refractivity contribution in [3.8, 4) is 0 Å². The number of likely N-dealkylation sites (N-methyl/N-ethyl adjacent to an activating group) is 2. The molecule has 2 aromatic heterocycles. The summed E-state index contributed by atoms with van der Waals surface area (Å²) in [6.45, 7) is 3.19. The van der Waals surface area contributed by atoms with Crippen LogP contribution in [0.15, 0.2) is 36.7 Å². The summed E-state index contributed by atoms with van der Waals surface area (Å²) in [4.78, 5) is 35.3. The van der Waals surface area contributed by atoms with Gasteiger partial charge in [0.05, 0.1) is 23.2 Å². The number of pyridine rings is 2. The molecule has 2 fully saturated rings. The third-order valence-corrected chi connectivity index (χ3v) is 6.27. The van der Waals surface area contributed by atoms with E-state index in [1.807, 2.05) is 0 Å². The van der Waals surface area contributed by atoms with Crippen LogP contribution >= 0.6 is 0 Å². The number of hydrogen-bond donors (Lipinski definition) is 2. The second-order valence-corrected chi connectivity index (χ2v) is 8.64. The molecule has 2 saturated heterocycles. The minimum absolute atomic E-state index is 0.219. The van der Waals surface area contributed by atoms with Crippen LogP contribution in [0.4, 0.5) is 47.6 Å². The van der Waals surface area contributed by atoms with Gasteiger partial charge in [0.25, 0.3) is 0 Å². The summed E-state index contributed by atoms with van der Waals surface area (Å²) in [5.41, 5.74) is -1.83. The minimum atomic E-state index is -4.52.